The monoisotopic (exact) mass is 301 g/mol. The Bertz CT molecular complexity index is 487. The van der Waals surface area contributed by atoms with Crippen LogP contribution >= 0.6 is 0 Å². The average molecular weight is 301 g/mol. The fraction of sp³-hybridized carbons (Fsp3) is 0.632. The summed E-state index contributed by atoms with van der Waals surface area (Å²) in [5.74, 6) is 0.684. The summed E-state index contributed by atoms with van der Waals surface area (Å²) in [7, 11) is 0. The molecule has 22 heavy (non-hydrogen) atoms. The summed E-state index contributed by atoms with van der Waals surface area (Å²) < 4.78 is 5.33. The van der Waals surface area contributed by atoms with E-state index in [2.05, 4.69) is 35.2 Å². The second-order valence-corrected chi connectivity index (χ2v) is 6.59. The van der Waals surface area contributed by atoms with Crippen LogP contribution in [0.2, 0.25) is 0 Å². The van der Waals surface area contributed by atoms with Crippen molar-refractivity contribution in [3.8, 4) is 0 Å². The molecule has 120 valence electrons. The topological polar surface area (TPSA) is 29.5 Å². The smallest absolute Gasteiger partial charge is 0.323 e. The zero-order valence-electron chi connectivity index (χ0n) is 13.5. The van der Waals surface area contributed by atoms with Gasteiger partial charge in [-0.05, 0) is 44.1 Å². The molecular weight excluding hydrogens is 274 g/mol. The molecule has 0 unspecified atom stereocenters. The molecule has 0 aromatic heterocycles. The zero-order valence-corrected chi connectivity index (χ0v) is 13.5. The van der Waals surface area contributed by atoms with E-state index in [1.54, 1.807) is 0 Å². The average Bonchev–Trinajstić information content (AvgIpc) is 2.93. The van der Waals surface area contributed by atoms with Crippen molar-refractivity contribution >= 4 is 5.97 Å². The molecule has 1 heterocycles. The molecule has 1 aromatic rings. The Balaban J connectivity index is 1.69. The quantitative estimate of drug-likeness (QED) is 0.780. The van der Waals surface area contributed by atoms with Gasteiger partial charge in [-0.3, -0.25) is 9.69 Å². The van der Waals surface area contributed by atoms with Gasteiger partial charge in [0, 0.05) is 12.6 Å². The summed E-state index contributed by atoms with van der Waals surface area (Å²) >= 11 is 0. The number of ether oxygens (including phenoxy) is 1. The van der Waals surface area contributed by atoms with Crippen molar-refractivity contribution in [1.82, 2.24) is 4.90 Å². The van der Waals surface area contributed by atoms with Crippen molar-refractivity contribution in [3.05, 3.63) is 35.9 Å². The van der Waals surface area contributed by atoms with E-state index in [0.29, 0.717) is 18.6 Å². The van der Waals surface area contributed by atoms with Gasteiger partial charge in [-0.1, -0.05) is 43.2 Å². The van der Waals surface area contributed by atoms with E-state index in [1.165, 1.54) is 31.2 Å². The van der Waals surface area contributed by atoms with Crippen LogP contribution in [0.15, 0.2) is 30.3 Å². The Kier molecular flexibility index (Phi) is 5.14. The van der Waals surface area contributed by atoms with E-state index in [0.717, 1.165) is 19.4 Å². The fourth-order valence-corrected chi connectivity index (χ4v) is 4.25. The number of nitrogens with zero attached hydrogens (tertiary/aromatic N) is 1. The van der Waals surface area contributed by atoms with E-state index in [1.807, 2.05) is 6.92 Å². The number of fused-ring (bicyclic) bond motifs is 1. The van der Waals surface area contributed by atoms with Crippen molar-refractivity contribution in [1.29, 1.82) is 0 Å². The lowest BCUT2D eigenvalue weighted by molar-refractivity contribution is -0.148. The lowest BCUT2D eigenvalue weighted by Crippen LogP contribution is -2.44. The summed E-state index contributed by atoms with van der Waals surface area (Å²) in [5, 5.41) is 0. The predicted molar refractivity (Wildman–Crippen MR) is 87.6 cm³/mol. The molecule has 3 heteroatoms. The lowest BCUT2D eigenvalue weighted by Gasteiger charge is -2.33. The van der Waals surface area contributed by atoms with Crippen LogP contribution in [0.25, 0.3) is 0 Å². The van der Waals surface area contributed by atoms with Crippen LogP contribution in [0.3, 0.4) is 0 Å². The third kappa shape index (κ3) is 3.35. The number of likely N-dealkylation sites (tertiary alicyclic amines) is 1. The summed E-state index contributed by atoms with van der Waals surface area (Å²) in [6.07, 6.45) is 7.16. The van der Waals surface area contributed by atoms with Crippen molar-refractivity contribution in [2.45, 2.75) is 57.5 Å². The van der Waals surface area contributed by atoms with Crippen LogP contribution in [0.1, 0.15) is 44.6 Å². The summed E-state index contributed by atoms with van der Waals surface area (Å²) in [5.41, 5.74) is 1.35. The molecule has 3 rings (SSSR count). The van der Waals surface area contributed by atoms with Gasteiger partial charge in [-0.15, -0.1) is 0 Å². The molecule has 2 fully saturated rings. The molecule has 1 aromatic carbocycles. The van der Waals surface area contributed by atoms with E-state index in [9.17, 15) is 4.79 Å². The van der Waals surface area contributed by atoms with E-state index in [-0.39, 0.29) is 12.0 Å². The highest BCUT2D eigenvalue weighted by atomic mass is 16.5. The second kappa shape index (κ2) is 7.28. The number of esters is 1. The van der Waals surface area contributed by atoms with Gasteiger partial charge in [0.05, 0.1) is 6.61 Å². The molecule has 0 N–H and O–H groups in total. The normalized spacial score (nSPS) is 28.3. The van der Waals surface area contributed by atoms with Crippen LogP contribution in [-0.4, -0.2) is 36.1 Å². The Hall–Kier alpha value is -1.35. The fourth-order valence-electron chi connectivity index (χ4n) is 4.25. The van der Waals surface area contributed by atoms with Crippen molar-refractivity contribution in [3.63, 3.8) is 0 Å². The molecule has 0 bridgehead atoms. The molecule has 0 radical (unpaired) electrons. The minimum atomic E-state index is -0.0169. The molecule has 1 aliphatic carbocycles. The molecular formula is C19H27NO2. The maximum absolute atomic E-state index is 12.3. The van der Waals surface area contributed by atoms with Gasteiger partial charge >= 0.3 is 5.97 Å². The standard InChI is InChI=1S/C19H27NO2/c1-2-22-19(21)18-14-16-10-6-7-11-17(16)20(18)13-12-15-8-4-3-5-9-15/h3-5,8-9,16-18H,2,6-7,10-14H2,1H3/t16-,17+,18+/m1/s1. The maximum atomic E-state index is 12.3. The summed E-state index contributed by atoms with van der Waals surface area (Å²) in [6, 6.07) is 11.2. The van der Waals surface area contributed by atoms with Crippen molar-refractivity contribution < 1.29 is 9.53 Å². The lowest BCUT2D eigenvalue weighted by atomic mass is 9.84. The number of benzene rings is 1. The molecule has 3 nitrogen and oxygen atoms in total. The SMILES string of the molecule is CCOC(=O)[C@@H]1C[C@H]2CCCC[C@@H]2N1CCc1ccccc1. The van der Waals surface area contributed by atoms with Crippen LogP contribution in [-0.2, 0) is 16.0 Å². The molecule has 0 amide bonds. The number of hydrogen-bond acceptors (Lipinski definition) is 3. The Morgan fingerprint density at radius 1 is 1.23 bits per heavy atom. The van der Waals surface area contributed by atoms with Gasteiger partial charge in [-0.2, -0.15) is 0 Å². The summed E-state index contributed by atoms with van der Waals surface area (Å²) in [4.78, 5) is 14.8. The third-order valence-corrected chi connectivity index (χ3v) is 5.28. The Labute approximate surface area is 133 Å². The molecule has 1 saturated heterocycles. The highest BCUT2D eigenvalue weighted by Gasteiger charge is 2.45. The Morgan fingerprint density at radius 2 is 2.00 bits per heavy atom. The molecule has 1 saturated carbocycles. The Morgan fingerprint density at radius 3 is 2.77 bits per heavy atom. The van der Waals surface area contributed by atoms with E-state index >= 15 is 0 Å². The highest BCUT2D eigenvalue weighted by molar-refractivity contribution is 5.76. The molecule has 1 aliphatic heterocycles. The van der Waals surface area contributed by atoms with Gasteiger partial charge in [0.15, 0.2) is 0 Å². The van der Waals surface area contributed by atoms with Gasteiger partial charge in [0.2, 0.25) is 0 Å². The molecule has 3 atom stereocenters. The third-order valence-electron chi connectivity index (χ3n) is 5.28. The molecule has 2 aliphatic rings. The number of hydrogen-bond donors (Lipinski definition) is 0. The summed E-state index contributed by atoms with van der Waals surface area (Å²) in [6.45, 7) is 3.35. The number of carbonyl (C=O) groups is 1. The van der Waals surface area contributed by atoms with Crippen LogP contribution in [0, 0.1) is 5.92 Å². The van der Waals surface area contributed by atoms with E-state index < -0.39 is 0 Å². The van der Waals surface area contributed by atoms with Crippen molar-refractivity contribution in [2.24, 2.45) is 5.92 Å². The minimum absolute atomic E-state index is 0.00929. The zero-order chi connectivity index (χ0) is 15.4. The highest BCUT2D eigenvalue weighted by Crippen LogP contribution is 2.40. The van der Waals surface area contributed by atoms with Gasteiger partial charge in [0.25, 0.3) is 0 Å². The van der Waals surface area contributed by atoms with Gasteiger partial charge in [0.1, 0.15) is 6.04 Å². The first kappa shape index (κ1) is 15.5. The first-order valence-electron chi connectivity index (χ1n) is 8.76. The maximum Gasteiger partial charge on any atom is 0.323 e. The van der Waals surface area contributed by atoms with Gasteiger partial charge in [-0.25, -0.2) is 0 Å². The first-order chi connectivity index (χ1) is 10.8. The van der Waals surface area contributed by atoms with Crippen LogP contribution in [0.4, 0.5) is 0 Å². The van der Waals surface area contributed by atoms with Gasteiger partial charge < -0.3 is 4.74 Å². The molecule has 0 spiro atoms. The minimum Gasteiger partial charge on any atom is -0.465 e. The number of carbonyl (C=O) groups excluding carboxylic acids is 1. The van der Waals surface area contributed by atoms with Crippen LogP contribution < -0.4 is 0 Å². The first-order valence-corrected chi connectivity index (χ1v) is 8.76. The van der Waals surface area contributed by atoms with Crippen LogP contribution in [0.5, 0.6) is 0 Å². The van der Waals surface area contributed by atoms with Crippen molar-refractivity contribution in [2.75, 3.05) is 13.2 Å². The predicted octanol–water partition coefficient (Wildman–Crippen LogP) is 3.43. The van der Waals surface area contributed by atoms with E-state index in [4.69, 9.17) is 4.74 Å². The number of rotatable bonds is 5. The second-order valence-electron chi connectivity index (χ2n) is 6.59. The largest absolute Gasteiger partial charge is 0.465 e.